The highest BCUT2D eigenvalue weighted by atomic mass is 28.4. The number of urea groups is 1. The van der Waals surface area contributed by atoms with Crippen LogP contribution < -0.4 is 15.4 Å². The number of carbonyl (C=O) groups is 3. The molecule has 51 heavy (non-hydrogen) atoms. The third-order valence-electron chi connectivity index (χ3n) is 9.66. The minimum absolute atomic E-state index is 0.0101. The Balaban J connectivity index is 2.01. The number of ether oxygens (including phenoxy) is 3. The van der Waals surface area contributed by atoms with Crippen molar-refractivity contribution in [2.24, 2.45) is 5.92 Å². The van der Waals surface area contributed by atoms with Crippen LogP contribution in [0.25, 0.3) is 0 Å². The molecule has 0 saturated carbocycles. The number of hydrogen-bond donors (Lipinski definition) is 2. The number of rotatable bonds is 10. The van der Waals surface area contributed by atoms with Crippen LogP contribution in [-0.2, 0) is 13.9 Å². The van der Waals surface area contributed by atoms with Gasteiger partial charge in [-0.3, -0.25) is 4.79 Å². The number of amides is 4. The van der Waals surface area contributed by atoms with Crippen LogP contribution >= 0.6 is 0 Å². The first kappa shape index (κ1) is 41.5. The Morgan fingerprint density at radius 1 is 1.10 bits per heavy atom. The summed E-state index contributed by atoms with van der Waals surface area (Å²) in [6, 6.07) is 13.6. The molecule has 11 nitrogen and oxygen atoms in total. The topological polar surface area (TPSA) is 119 Å². The van der Waals surface area contributed by atoms with Crippen LogP contribution in [0.5, 0.6) is 5.75 Å². The molecular weight excluding hydrogens is 665 g/mol. The zero-order chi connectivity index (χ0) is 37.8. The minimum atomic E-state index is -2.14. The zero-order valence-electron chi connectivity index (χ0n) is 32.1. The standard InChI is InChI=1S/C39H60N4O7Si/c1-11-22-48-38(46)42(8)26-35-28(2)25-43(29(3)27-49-51(9,10)39(5,6)7)36(44)33-24-32(41-37(45)40-31-18-13-12-14-19-31)20-21-34(33)50-30(4)17-15-16-23-47-35/h11-14,18-21,24,28-30,35H,1,15-17,22-23,25-27H2,2-10H3,(H2,40,41,45)/t28-,29+,30+,35-/m1/s1. The van der Waals surface area contributed by atoms with E-state index in [1.165, 1.54) is 11.0 Å². The normalized spacial score (nSPS) is 19.8. The average molecular weight is 725 g/mol. The van der Waals surface area contributed by atoms with Gasteiger partial charge in [-0.2, -0.15) is 0 Å². The van der Waals surface area contributed by atoms with Gasteiger partial charge in [-0.15, -0.1) is 0 Å². The number of para-hydroxylation sites is 1. The van der Waals surface area contributed by atoms with Crippen molar-refractivity contribution in [1.82, 2.24) is 9.80 Å². The fraction of sp³-hybridized carbons (Fsp3) is 0.564. The van der Waals surface area contributed by atoms with Gasteiger partial charge in [0.05, 0.1) is 37.0 Å². The lowest BCUT2D eigenvalue weighted by Gasteiger charge is -2.40. The Kier molecular flexibility index (Phi) is 15.6. The Hall–Kier alpha value is -3.87. The van der Waals surface area contributed by atoms with Gasteiger partial charge in [-0.25, -0.2) is 9.59 Å². The molecule has 0 radical (unpaired) electrons. The number of anilines is 2. The van der Waals surface area contributed by atoms with Crippen molar-refractivity contribution in [1.29, 1.82) is 0 Å². The van der Waals surface area contributed by atoms with Gasteiger partial charge in [-0.1, -0.05) is 58.5 Å². The van der Waals surface area contributed by atoms with E-state index in [4.69, 9.17) is 18.6 Å². The molecule has 0 unspecified atom stereocenters. The third-order valence-corrected chi connectivity index (χ3v) is 14.2. The molecule has 0 fully saturated rings. The van der Waals surface area contributed by atoms with E-state index in [1.54, 1.807) is 37.4 Å². The van der Waals surface area contributed by atoms with Gasteiger partial charge in [0.1, 0.15) is 12.4 Å². The maximum atomic E-state index is 14.8. The summed E-state index contributed by atoms with van der Waals surface area (Å²) in [4.78, 5) is 43.8. The van der Waals surface area contributed by atoms with Crippen molar-refractivity contribution in [3.63, 3.8) is 0 Å². The molecule has 0 aliphatic carbocycles. The molecule has 1 heterocycles. The SMILES string of the molecule is C=CCOC(=O)N(C)C[C@H]1OCCCC[C@H](C)Oc2ccc(NC(=O)Nc3ccccc3)cc2C(=O)N([C@@H](C)CO[Si](C)(C)C(C)(C)C)C[C@H]1C. The summed E-state index contributed by atoms with van der Waals surface area (Å²) >= 11 is 0. The number of hydrogen-bond acceptors (Lipinski definition) is 7. The summed E-state index contributed by atoms with van der Waals surface area (Å²) in [6.07, 6.45) is 2.94. The van der Waals surface area contributed by atoms with Crippen molar-refractivity contribution in [2.75, 3.05) is 50.6 Å². The molecule has 282 valence electrons. The first-order chi connectivity index (χ1) is 24.0. The second-order valence-electron chi connectivity index (χ2n) is 15.1. The van der Waals surface area contributed by atoms with Crippen molar-refractivity contribution in [3.05, 3.63) is 66.7 Å². The van der Waals surface area contributed by atoms with Crippen LogP contribution in [0.4, 0.5) is 21.0 Å². The highest BCUT2D eigenvalue weighted by Crippen LogP contribution is 2.37. The molecule has 12 heteroatoms. The lowest BCUT2D eigenvalue weighted by Crippen LogP contribution is -2.50. The molecular formula is C39H60N4O7Si. The van der Waals surface area contributed by atoms with E-state index in [2.05, 4.69) is 51.1 Å². The van der Waals surface area contributed by atoms with Crippen molar-refractivity contribution in [3.8, 4) is 5.75 Å². The Labute approximate surface area is 306 Å². The molecule has 4 amide bonds. The Morgan fingerprint density at radius 3 is 2.45 bits per heavy atom. The summed E-state index contributed by atoms with van der Waals surface area (Å²) < 4.78 is 24.8. The van der Waals surface area contributed by atoms with E-state index in [9.17, 15) is 14.4 Å². The van der Waals surface area contributed by atoms with Gasteiger partial charge in [-0.05, 0) is 81.6 Å². The highest BCUT2D eigenvalue weighted by molar-refractivity contribution is 6.74. The largest absolute Gasteiger partial charge is 0.490 e. The average Bonchev–Trinajstić information content (AvgIpc) is 3.07. The summed E-state index contributed by atoms with van der Waals surface area (Å²) in [7, 11) is -0.460. The summed E-state index contributed by atoms with van der Waals surface area (Å²) in [5, 5.41) is 5.69. The lowest BCUT2D eigenvalue weighted by molar-refractivity contribution is -0.0162. The highest BCUT2D eigenvalue weighted by Gasteiger charge is 2.39. The predicted octanol–water partition coefficient (Wildman–Crippen LogP) is 8.41. The van der Waals surface area contributed by atoms with Gasteiger partial charge >= 0.3 is 12.1 Å². The zero-order valence-corrected chi connectivity index (χ0v) is 33.1. The molecule has 0 bridgehead atoms. The number of benzene rings is 2. The quantitative estimate of drug-likeness (QED) is 0.187. The van der Waals surface area contributed by atoms with Gasteiger partial charge in [0.2, 0.25) is 0 Å². The first-order valence-electron chi connectivity index (χ1n) is 18.0. The minimum Gasteiger partial charge on any atom is -0.490 e. The molecule has 2 aromatic carbocycles. The summed E-state index contributed by atoms with van der Waals surface area (Å²) in [5.41, 5.74) is 1.44. The van der Waals surface area contributed by atoms with E-state index < -0.39 is 20.4 Å². The molecule has 1 aliphatic rings. The molecule has 0 aromatic heterocycles. The molecule has 0 spiro atoms. The number of nitrogens with zero attached hydrogens (tertiary/aromatic N) is 2. The number of nitrogens with one attached hydrogen (secondary N) is 2. The summed E-state index contributed by atoms with van der Waals surface area (Å²) in [5.74, 6) is 0.0198. The number of fused-ring (bicyclic) bond motifs is 1. The van der Waals surface area contributed by atoms with Crippen LogP contribution in [0.2, 0.25) is 18.1 Å². The van der Waals surface area contributed by atoms with Gasteiger partial charge in [0, 0.05) is 37.5 Å². The van der Waals surface area contributed by atoms with Crippen LogP contribution in [0.15, 0.2) is 61.2 Å². The lowest BCUT2D eigenvalue weighted by atomic mass is 10.0. The van der Waals surface area contributed by atoms with E-state index >= 15 is 0 Å². The van der Waals surface area contributed by atoms with Gasteiger partial charge in [0.15, 0.2) is 8.32 Å². The smallest absolute Gasteiger partial charge is 0.409 e. The van der Waals surface area contributed by atoms with Gasteiger partial charge in [0.25, 0.3) is 5.91 Å². The summed E-state index contributed by atoms with van der Waals surface area (Å²) in [6.45, 7) is 22.2. The molecule has 2 N–H and O–H groups in total. The van der Waals surface area contributed by atoms with E-state index in [-0.39, 0.29) is 48.3 Å². The van der Waals surface area contributed by atoms with E-state index in [1.807, 2.05) is 43.9 Å². The third kappa shape index (κ3) is 12.7. The number of carbonyl (C=O) groups excluding carboxylic acids is 3. The molecule has 0 saturated heterocycles. The maximum Gasteiger partial charge on any atom is 0.409 e. The van der Waals surface area contributed by atoms with Crippen LogP contribution in [0.3, 0.4) is 0 Å². The molecule has 2 aromatic rings. The second-order valence-corrected chi connectivity index (χ2v) is 19.9. The monoisotopic (exact) mass is 724 g/mol. The van der Waals surface area contributed by atoms with Crippen LogP contribution in [-0.4, -0.2) is 94.4 Å². The fourth-order valence-corrected chi connectivity index (χ4v) is 6.49. The Bertz CT molecular complexity index is 1450. The van der Waals surface area contributed by atoms with Crippen molar-refractivity contribution in [2.45, 2.75) is 97.2 Å². The van der Waals surface area contributed by atoms with Crippen LogP contribution in [0.1, 0.15) is 71.2 Å². The molecule has 1 aliphatic heterocycles. The Morgan fingerprint density at radius 2 is 1.78 bits per heavy atom. The van der Waals surface area contributed by atoms with E-state index in [0.717, 1.165) is 19.3 Å². The first-order valence-corrected chi connectivity index (χ1v) is 20.9. The van der Waals surface area contributed by atoms with Gasteiger partial charge < -0.3 is 39.1 Å². The number of likely N-dealkylation sites (N-methyl/N-ethyl adjacent to an activating group) is 1. The fourth-order valence-electron chi connectivity index (χ4n) is 5.40. The molecule has 4 atom stereocenters. The van der Waals surface area contributed by atoms with Crippen LogP contribution in [0, 0.1) is 5.92 Å². The predicted molar refractivity (Wildman–Crippen MR) is 206 cm³/mol. The molecule has 3 rings (SSSR count). The van der Waals surface area contributed by atoms with Crippen molar-refractivity contribution >= 4 is 37.7 Å². The van der Waals surface area contributed by atoms with E-state index in [0.29, 0.717) is 42.4 Å². The second kappa shape index (κ2) is 19.1. The van der Waals surface area contributed by atoms with Crippen molar-refractivity contribution < 1.29 is 33.0 Å². The maximum absolute atomic E-state index is 14.8.